The molecule has 0 radical (unpaired) electrons. The largest absolute Gasteiger partial charge is 0.494 e. The standard InChI is InChI=1S/C21H27N3O4S/c1-2-28-19-8-10-20(11-9-19)29(26,27)22-16-21(25)24-14-12-23(13-15-24)17-18-6-4-3-5-7-18/h3-11,22H,2,12-17H2,1H3/p+1. The molecule has 0 atom stereocenters. The number of rotatable bonds is 8. The molecule has 3 rings (SSSR count). The molecule has 1 fully saturated rings. The lowest BCUT2D eigenvalue weighted by Gasteiger charge is -2.32. The van der Waals surface area contributed by atoms with Crippen LogP contribution in [-0.4, -0.2) is 58.6 Å². The molecule has 29 heavy (non-hydrogen) atoms. The summed E-state index contributed by atoms with van der Waals surface area (Å²) in [4.78, 5) is 15.7. The molecule has 156 valence electrons. The smallest absolute Gasteiger partial charge is 0.241 e. The number of hydrogen-bond donors (Lipinski definition) is 2. The first-order valence-corrected chi connectivity index (χ1v) is 11.3. The highest BCUT2D eigenvalue weighted by Gasteiger charge is 2.25. The van der Waals surface area contributed by atoms with Crippen molar-refractivity contribution in [2.24, 2.45) is 0 Å². The van der Waals surface area contributed by atoms with Gasteiger partial charge >= 0.3 is 0 Å². The van der Waals surface area contributed by atoms with E-state index in [4.69, 9.17) is 4.74 Å². The van der Waals surface area contributed by atoms with Gasteiger partial charge < -0.3 is 14.5 Å². The number of carbonyl (C=O) groups is 1. The minimum Gasteiger partial charge on any atom is -0.494 e. The molecule has 2 N–H and O–H groups in total. The Morgan fingerprint density at radius 3 is 2.34 bits per heavy atom. The Hall–Kier alpha value is -2.42. The van der Waals surface area contributed by atoms with Crippen LogP contribution in [-0.2, 0) is 21.4 Å². The minimum atomic E-state index is -3.74. The molecule has 2 aromatic rings. The summed E-state index contributed by atoms with van der Waals surface area (Å²) < 4.78 is 32.6. The highest BCUT2D eigenvalue weighted by Crippen LogP contribution is 2.15. The Kier molecular flexibility index (Phi) is 7.24. The second kappa shape index (κ2) is 9.87. The van der Waals surface area contributed by atoms with Gasteiger partial charge in [0.2, 0.25) is 15.9 Å². The third-order valence-electron chi connectivity index (χ3n) is 4.98. The van der Waals surface area contributed by atoms with Crippen molar-refractivity contribution in [1.29, 1.82) is 0 Å². The van der Waals surface area contributed by atoms with Crippen molar-refractivity contribution >= 4 is 15.9 Å². The third-order valence-corrected chi connectivity index (χ3v) is 6.40. The molecule has 0 unspecified atom stereocenters. The second-order valence-electron chi connectivity index (χ2n) is 7.02. The zero-order chi connectivity index (χ0) is 20.7. The van der Waals surface area contributed by atoms with Crippen LogP contribution in [0.1, 0.15) is 12.5 Å². The lowest BCUT2D eigenvalue weighted by Crippen LogP contribution is -3.13. The van der Waals surface area contributed by atoms with Gasteiger partial charge in [-0.05, 0) is 31.2 Å². The molecule has 0 saturated carbocycles. The van der Waals surface area contributed by atoms with Crippen LogP contribution in [0.15, 0.2) is 59.5 Å². The molecule has 7 nitrogen and oxygen atoms in total. The van der Waals surface area contributed by atoms with E-state index in [0.717, 1.165) is 19.6 Å². The number of sulfonamides is 1. The van der Waals surface area contributed by atoms with Crippen LogP contribution in [0.5, 0.6) is 5.75 Å². The SMILES string of the molecule is CCOc1ccc(S(=O)(=O)NCC(=O)N2CC[NH+](Cc3ccccc3)CC2)cc1. The van der Waals surface area contributed by atoms with Gasteiger partial charge in [0.15, 0.2) is 0 Å². The van der Waals surface area contributed by atoms with Gasteiger partial charge in [0, 0.05) is 5.56 Å². The molecule has 1 saturated heterocycles. The molecule has 2 aromatic carbocycles. The number of quaternary nitrogens is 1. The maximum absolute atomic E-state index is 12.5. The van der Waals surface area contributed by atoms with Crippen molar-refractivity contribution < 1.29 is 22.8 Å². The fourth-order valence-corrected chi connectivity index (χ4v) is 4.34. The Bertz CT molecular complexity index is 893. The summed E-state index contributed by atoms with van der Waals surface area (Å²) in [6, 6.07) is 16.5. The molecule has 1 aliphatic rings. The predicted octanol–water partition coefficient (Wildman–Crippen LogP) is 0.291. The number of ether oxygens (including phenoxy) is 1. The van der Waals surface area contributed by atoms with Crippen LogP contribution in [0.3, 0.4) is 0 Å². The van der Waals surface area contributed by atoms with Crippen LogP contribution in [0.25, 0.3) is 0 Å². The van der Waals surface area contributed by atoms with Gasteiger partial charge in [-0.25, -0.2) is 13.1 Å². The predicted molar refractivity (Wildman–Crippen MR) is 110 cm³/mol. The Labute approximate surface area is 172 Å². The van der Waals surface area contributed by atoms with E-state index in [2.05, 4.69) is 16.9 Å². The molecule has 0 spiro atoms. The normalized spacial score (nSPS) is 15.3. The lowest BCUT2D eigenvalue weighted by atomic mass is 10.2. The van der Waals surface area contributed by atoms with Crippen molar-refractivity contribution in [2.75, 3.05) is 39.3 Å². The minimum absolute atomic E-state index is 0.117. The van der Waals surface area contributed by atoms with Crippen LogP contribution in [0.4, 0.5) is 0 Å². The monoisotopic (exact) mass is 418 g/mol. The first-order chi connectivity index (χ1) is 14.0. The van der Waals surface area contributed by atoms with Crippen LogP contribution >= 0.6 is 0 Å². The van der Waals surface area contributed by atoms with Crippen molar-refractivity contribution in [1.82, 2.24) is 9.62 Å². The van der Waals surface area contributed by atoms with Crippen molar-refractivity contribution in [3.8, 4) is 5.75 Å². The van der Waals surface area contributed by atoms with Gasteiger partial charge in [-0.1, -0.05) is 30.3 Å². The van der Waals surface area contributed by atoms with E-state index < -0.39 is 10.0 Å². The van der Waals surface area contributed by atoms with E-state index in [1.54, 1.807) is 17.0 Å². The fraction of sp³-hybridized carbons (Fsp3) is 0.381. The maximum Gasteiger partial charge on any atom is 0.241 e. The van der Waals surface area contributed by atoms with Gasteiger partial charge in [-0.3, -0.25) is 4.79 Å². The van der Waals surface area contributed by atoms with Gasteiger partial charge in [0.1, 0.15) is 12.3 Å². The Morgan fingerprint density at radius 1 is 1.07 bits per heavy atom. The van der Waals surface area contributed by atoms with E-state index in [0.29, 0.717) is 25.4 Å². The first-order valence-electron chi connectivity index (χ1n) is 9.86. The van der Waals surface area contributed by atoms with E-state index in [9.17, 15) is 13.2 Å². The highest BCUT2D eigenvalue weighted by molar-refractivity contribution is 7.89. The van der Waals surface area contributed by atoms with Gasteiger partial charge in [0.05, 0.1) is 44.2 Å². The molecular formula is C21H28N3O4S+. The molecular weight excluding hydrogens is 390 g/mol. The maximum atomic E-state index is 12.5. The topological polar surface area (TPSA) is 80.1 Å². The number of nitrogens with one attached hydrogen (secondary N) is 2. The van der Waals surface area contributed by atoms with Crippen molar-refractivity contribution in [3.63, 3.8) is 0 Å². The van der Waals surface area contributed by atoms with E-state index in [-0.39, 0.29) is 17.3 Å². The second-order valence-corrected chi connectivity index (χ2v) is 8.79. The van der Waals surface area contributed by atoms with Crippen LogP contribution < -0.4 is 14.4 Å². The van der Waals surface area contributed by atoms with E-state index >= 15 is 0 Å². The van der Waals surface area contributed by atoms with Gasteiger partial charge in [-0.15, -0.1) is 0 Å². The Balaban J connectivity index is 1.47. The number of benzene rings is 2. The van der Waals surface area contributed by atoms with E-state index in [1.165, 1.54) is 22.6 Å². The summed E-state index contributed by atoms with van der Waals surface area (Å²) in [5.41, 5.74) is 1.28. The summed E-state index contributed by atoms with van der Waals surface area (Å²) >= 11 is 0. The quantitative estimate of drug-likeness (QED) is 0.646. The van der Waals surface area contributed by atoms with E-state index in [1.807, 2.05) is 25.1 Å². The molecule has 0 aromatic heterocycles. The third kappa shape index (κ3) is 6.03. The molecule has 1 heterocycles. The van der Waals surface area contributed by atoms with Crippen LogP contribution in [0, 0.1) is 0 Å². The van der Waals surface area contributed by atoms with Gasteiger partial charge in [-0.2, -0.15) is 0 Å². The molecule has 8 heteroatoms. The average Bonchev–Trinajstić information content (AvgIpc) is 2.74. The number of nitrogens with zero attached hydrogens (tertiary/aromatic N) is 1. The summed E-state index contributed by atoms with van der Waals surface area (Å²) in [6.45, 7) is 6.05. The molecule has 0 aliphatic carbocycles. The number of piperazine rings is 1. The highest BCUT2D eigenvalue weighted by atomic mass is 32.2. The van der Waals surface area contributed by atoms with Crippen LogP contribution in [0.2, 0.25) is 0 Å². The summed E-state index contributed by atoms with van der Waals surface area (Å²) in [6.07, 6.45) is 0. The van der Waals surface area contributed by atoms with Crippen molar-refractivity contribution in [3.05, 3.63) is 60.2 Å². The lowest BCUT2D eigenvalue weighted by molar-refractivity contribution is -0.917. The summed E-state index contributed by atoms with van der Waals surface area (Å²) in [5.74, 6) is 0.414. The Morgan fingerprint density at radius 2 is 1.72 bits per heavy atom. The first kappa shape index (κ1) is 21.3. The van der Waals surface area contributed by atoms with Gasteiger partial charge in [0.25, 0.3) is 0 Å². The summed E-state index contributed by atoms with van der Waals surface area (Å²) in [7, 11) is -3.74. The zero-order valence-electron chi connectivity index (χ0n) is 16.6. The number of carbonyl (C=O) groups excluding carboxylic acids is 1. The summed E-state index contributed by atoms with van der Waals surface area (Å²) in [5, 5.41) is 0. The zero-order valence-corrected chi connectivity index (χ0v) is 17.5. The number of hydrogen-bond acceptors (Lipinski definition) is 4. The van der Waals surface area contributed by atoms with Crippen molar-refractivity contribution in [2.45, 2.75) is 18.4 Å². The fourth-order valence-electron chi connectivity index (χ4n) is 3.37. The molecule has 1 aliphatic heterocycles. The average molecular weight is 419 g/mol. The molecule has 1 amide bonds. The molecule has 0 bridgehead atoms. The number of amides is 1.